The zero-order chi connectivity index (χ0) is 17.2. The molecule has 0 spiro atoms. The zero-order valence-corrected chi connectivity index (χ0v) is 16.5. The molecule has 2 N–H and O–H groups in total. The van der Waals surface area contributed by atoms with Gasteiger partial charge in [-0.25, -0.2) is 0 Å². The number of nitrogens with one attached hydrogen (secondary N) is 2. The van der Waals surface area contributed by atoms with Crippen molar-refractivity contribution in [3.8, 4) is 0 Å². The fraction of sp³-hybridized carbons (Fsp3) is 0.316. The van der Waals surface area contributed by atoms with Crippen LogP contribution in [0.1, 0.15) is 39.2 Å². The number of quaternary nitrogens is 1. The van der Waals surface area contributed by atoms with Gasteiger partial charge in [0.15, 0.2) is 6.54 Å². The van der Waals surface area contributed by atoms with Gasteiger partial charge in [0.25, 0.3) is 5.91 Å². The maximum Gasteiger partial charge on any atom is 0.275 e. The van der Waals surface area contributed by atoms with Crippen LogP contribution in [0.15, 0.2) is 46.5 Å². The summed E-state index contributed by atoms with van der Waals surface area (Å²) in [4.78, 5) is 18.1. The number of hydrogen-bond donors (Lipinski definition) is 2. The van der Waals surface area contributed by atoms with Crippen molar-refractivity contribution in [3.63, 3.8) is 0 Å². The monoisotopic (exact) mass is 389 g/mol. The van der Waals surface area contributed by atoms with Crippen LogP contribution in [0.4, 0.5) is 0 Å². The molecule has 1 aliphatic heterocycles. The molecule has 3 atom stereocenters. The highest BCUT2D eigenvalue weighted by molar-refractivity contribution is 7.10. The van der Waals surface area contributed by atoms with E-state index in [1.54, 1.807) is 22.7 Å². The van der Waals surface area contributed by atoms with Crippen molar-refractivity contribution in [2.24, 2.45) is 0 Å². The normalized spacial score (nSPS) is 20.8. The molecule has 0 aromatic carbocycles. The predicted molar refractivity (Wildman–Crippen MR) is 106 cm³/mol. The Morgan fingerprint density at radius 2 is 2.04 bits per heavy atom. The first-order valence-electron chi connectivity index (χ1n) is 8.49. The molecule has 4 rings (SSSR count). The highest BCUT2D eigenvalue weighted by Crippen LogP contribution is 2.31. The summed E-state index contributed by atoms with van der Waals surface area (Å²) < 4.78 is 0. The van der Waals surface area contributed by atoms with E-state index in [0.717, 1.165) is 13.0 Å². The minimum absolute atomic E-state index is 0.0774. The molecule has 0 bridgehead atoms. The fourth-order valence-electron chi connectivity index (χ4n) is 3.56. The molecule has 130 valence electrons. The Morgan fingerprint density at radius 1 is 1.20 bits per heavy atom. The molecule has 0 saturated carbocycles. The summed E-state index contributed by atoms with van der Waals surface area (Å²) in [5.41, 5.74) is 1.41. The molecular formula is C19H21N2OS3+. The van der Waals surface area contributed by atoms with Crippen LogP contribution in [0.3, 0.4) is 0 Å². The van der Waals surface area contributed by atoms with E-state index in [1.807, 2.05) is 17.4 Å². The third-order valence-electron chi connectivity index (χ3n) is 4.74. The quantitative estimate of drug-likeness (QED) is 0.690. The van der Waals surface area contributed by atoms with Crippen LogP contribution >= 0.6 is 34.0 Å². The lowest BCUT2D eigenvalue weighted by Crippen LogP contribution is -3.14. The van der Waals surface area contributed by atoms with Gasteiger partial charge in [-0.05, 0) is 41.3 Å². The number of carbonyl (C=O) groups excluding carboxylic acids is 1. The summed E-state index contributed by atoms with van der Waals surface area (Å²) in [6.45, 7) is 3.59. The van der Waals surface area contributed by atoms with Gasteiger partial charge in [0.05, 0.1) is 17.5 Å². The molecule has 6 heteroatoms. The van der Waals surface area contributed by atoms with Gasteiger partial charge in [0.2, 0.25) is 0 Å². The number of fused-ring (bicyclic) bond motifs is 1. The highest BCUT2D eigenvalue weighted by atomic mass is 32.1. The molecule has 3 aromatic rings. The molecule has 3 aromatic heterocycles. The summed E-state index contributed by atoms with van der Waals surface area (Å²) in [5.74, 6) is 0.135. The van der Waals surface area contributed by atoms with E-state index in [2.05, 4.69) is 52.6 Å². The summed E-state index contributed by atoms with van der Waals surface area (Å²) in [7, 11) is 0. The van der Waals surface area contributed by atoms with E-state index in [-0.39, 0.29) is 18.0 Å². The van der Waals surface area contributed by atoms with Gasteiger partial charge in [-0.3, -0.25) is 4.79 Å². The van der Waals surface area contributed by atoms with Crippen molar-refractivity contribution >= 4 is 39.9 Å². The van der Waals surface area contributed by atoms with Crippen LogP contribution in [-0.4, -0.2) is 19.0 Å². The Hall–Kier alpha value is -1.47. The van der Waals surface area contributed by atoms with E-state index in [4.69, 9.17) is 0 Å². The van der Waals surface area contributed by atoms with Crippen LogP contribution in [0.5, 0.6) is 0 Å². The third kappa shape index (κ3) is 3.58. The lowest BCUT2D eigenvalue weighted by atomic mass is 9.98. The molecular weight excluding hydrogens is 368 g/mol. The number of hydrogen-bond acceptors (Lipinski definition) is 4. The number of carbonyl (C=O) groups is 1. The number of thiophene rings is 3. The van der Waals surface area contributed by atoms with Gasteiger partial charge in [-0.1, -0.05) is 12.1 Å². The Kier molecular flexibility index (Phi) is 5.03. The molecule has 25 heavy (non-hydrogen) atoms. The van der Waals surface area contributed by atoms with Crippen molar-refractivity contribution < 1.29 is 9.69 Å². The fourth-order valence-corrected chi connectivity index (χ4v) is 6.11. The van der Waals surface area contributed by atoms with Crippen LogP contribution in [-0.2, 0) is 11.2 Å². The van der Waals surface area contributed by atoms with Gasteiger partial charge in [-0.15, -0.1) is 34.0 Å². The largest absolute Gasteiger partial charge is 0.344 e. The molecule has 0 saturated heterocycles. The first-order chi connectivity index (χ1) is 12.2. The smallest absolute Gasteiger partial charge is 0.275 e. The molecule has 3 nitrogen and oxygen atoms in total. The number of amides is 1. The Balaban J connectivity index is 1.50. The van der Waals surface area contributed by atoms with Gasteiger partial charge < -0.3 is 10.2 Å². The zero-order valence-electron chi connectivity index (χ0n) is 14.0. The van der Waals surface area contributed by atoms with E-state index < -0.39 is 0 Å². The lowest BCUT2D eigenvalue weighted by Gasteiger charge is -2.32. The second-order valence-corrected chi connectivity index (χ2v) is 9.35. The minimum atomic E-state index is 0.0774. The Bertz CT molecular complexity index is 823. The van der Waals surface area contributed by atoms with E-state index in [9.17, 15) is 4.79 Å². The second kappa shape index (κ2) is 7.41. The SMILES string of the molecule is C[C@@H](NC(=O)C[NH+]1CCc2sccc2[C@@H]1c1cccs1)c1cccs1. The van der Waals surface area contributed by atoms with Crippen molar-refractivity contribution in [1.29, 1.82) is 0 Å². The predicted octanol–water partition coefficient (Wildman–Crippen LogP) is 3.28. The first-order valence-corrected chi connectivity index (χ1v) is 11.1. The molecule has 4 heterocycles. The molecule has 1 aliphatic rings. The van der Waals surface area contributed by atoms with Crippen LogP contribution in [0.2, 0.25) is 0 Å². The summed E-state index contributed by atoms with van der Waals surface area (Å²) in [5, 5.41) is 9.54. The maximum atomic E-state index is 12.7. The van der Waals surface area contributed by atoms with Crippen molar-refractivity contribution in [3.05, 3.63) is 66.7 Å². The van der Waals surface area contributed by atoms with Crippen LogP contribution in [0.25, 0.3) is 0 Å². The maximum absolute atomic E-state index is 12.7. The average Bonchev–Trinajstić information content (AvgIpc) is 3.35. The Morgan fingerprint density at radius 3 is 2.80 bits per heavy atom. The molecule has 0 fully saturated rings. The molecule has 0 radical (unpaired) electrons. The van der Waals surface area contributed by atoms with E-state index >= 15 is 0 Å². The van der Waals surface area contributed by atoms with Gasteiger partial charge in [0, 0.05) is 21.7 Å². The van der Waals surface area contributed by atoms with Crippen LogP contribution < -0.4 is 10.2 Å². The standard InChI is InChI=1S/C19H20N2OS3/c1-13(15-4-2-9-23-15)20-18(22)12-21-8-6-16-14(7-11-25-16)19(21)17-5-3-10-24-17/h2-5,7,9-11,13,19H,6,8,12H2,1H3,(H,20,22)/p+1/t13-,19-/m1/s1. The summed E-state index contributed by atoms with van der Waals surface area (Å²) in [6.07, 6.45) is 1.07. The average molecular weight is 390 g/mol. The minimum Gasteiger partial charge on any atom is -0.344 e. The topological polar surface area (TPSA) is 33.5 Å². The lowest BCUT2D eigenvalue weighted by molar-refractivity contribution is -0.919. The van der Waals surface area contributed by atoms with Crippen molar-refractivity contribution in [2.45, 2.75) is 25.4 Å². The van der Waals surface area contributed by atoms with E-state index in [0.29, 0.717) is 6.54 Å². The summed E-state index contributed by atoms with van der Waals surface area (Å²) >= 11 is 5.33. The molecule has 1 amide bonds. The van der Waals surface area contributed by atoms with Crippen LogP contribution in [0, 0.1) is 0 Å². The third-order valence-corrected chi connectivity index (χ3v) is 7.72. The van der Waals surface area contributed by atoms with Gasteiger partial charge in [-0.2, -0.15) is 0 Å². The van der Waals surface area contributed by atoms with E-state index in [1.165, 1.54) is 25.1 Å². The Labute approximate surface area is 159 Å². The molecule has 0 aliphatic carbocycles. The highest BCUT2D eigenvalue weighted by Gasteiger charge is 2.35. The van der Waals surface area contributed by atoms with Crippen molar-refractivity contribution in [2.75, 3.05) is 13.1 Å². The summed E-state index contributed by atoms with van der Waals surface area (Å²) in [6, 6.07) is 11.0. The second-order valence-electron chi connectivity index (χ2n) is 6.39. The first kappa shape index (κ1) is 17.0. The van der Waals surface area contributed by atoms with Gasteiger partial charge in [0.1, 0.15) is 6.04 Å². The molecule has 1 unspecified atom stereocenters. The van der Waals surface area contributed by atoms with Crippen molar-refractivity contribution in [1.82, 2.24) is 5.32 Å². The number of rotatable bonds is 5. The van der Waals surface area contributed by atoms with Gasteiger partial charge >= 0.3 is 0 Å².